The van der Waals surface area contributed by atoms with E-state index in [1.54, 1.807) is 24.3 Å². The van der Waals surface area contributed by atoms with E-state index < -0.39 is 10.0 Å². The summed E-state index contributed by atoms with van der Waals surface area (Å²) in [6, 6.07) is 9.70. The standard InChI is InChI=1S/C21H24N4O5S/c1-3-30-17-8-7-14(31(27,28)25-11-9-22-10-12-25)13-16(17)20-23-19-15(21(26)24-20)5-4-6-18(19)29-2/h4-8,13,22H,3,9-12H2,1-2H3,(H,23,24,26). The Kier molecular flexibility index (Phi) is 5.94. The lowest BCUT2D eigenvalue weighted by Gasteiger charge is -2.26. The Hall–Kier alpha value is -2.95. The highest BCUT2D eigenvalue weighted by Gasteiger charge is 2.27. The molecular weight excluding hydrogens is 420 g/mol. The average Bonchev–Trinajstić information content (AvgIpc) is 2.79. The smallest absolute Gasteiger partial charge is 0.259 e. The van der Waals surface area contributed by atoms with Gasteiger partial charge in [-0.25, -0.2) is 13.4 Å². The highest BCUT2D eigenvalue weighted by molar-refractivity contribution is 7.89. The number of piperazine rings is 1. The van der Waals surface area contributed by atoms with Gasteiger partial charge in [-0.2, -0.15) is 4.31 Å². The maximum absolute atomic E-state index is 13.2. The third-order valence-electron chi connectivity index (χ3n) is 5.14. The number of nitrogens with one attached hydrogen (secondary N) is 2. The van der Waals surface area contributed by atoms with Gasteiger partial charge in [0.15, 0.2) is 0 Å². The summed E-state index contributed by atoms with van der Waals surface area (Å²) in [6.45, 7) is 4.19. The summed E-state index contributed by atoms with van der Waals surface area (Å²) in [5, 5.41) is 3.53. The Morgan fingerprint density at radius 1 is 1.13 bits per heavy atom. The number of para-hydroxylation sites is 1. The van der Waals surface area contributed by atoms with Crippen molar-refractivity contribution in [1.82, 2.24) is 19.6 Å². The molecule has 0 bridgehead atoms. The molecular formula is C21H24N4O5S. The van der Waals surface area contributed by atoms with Gasteiger partial charge in [-0.3, -0.25) is 4.79 Å². The first-order valence-electron chi connectivity index (χ1n) is 10.0. The van der Waals surface area contributed by atoms with Crippen LogP contribution in [0.5, 0.6) is 11.5 Å². The molecule has 0 unspecified atom stereocenters. The molecule has 0 radical (unpaired) electrons. The summed E-state index contributed by atoms with van der Waals surface area (Å²) < 4.78 is 38.8. The van der Waals surface area contributed by atoms with Gasteiger partial charge < -0.3 is 19.8 Å². The van der Waals surface area contributed by atoms with Crippen LogP contribution < -0.4 is 20.3 Å². The SMILES string of the molecule is CCOc1ccc(S(=O)(=O)N2CCNCC2)cc1-c1nc2c(OC)cccc2c(=O)[nH]1. The molecule has 0 atom stereocenters. The minimum atomic E-state index is -3.70. The third kappa shape index (κ3) is 4.01. The lowest BCUT2D eigenvalue weighted by molar-refractivity contribution is 0.341. The summed E-state index contributed by atoms with van der Waals surface area (Å²) in [5.41, 5.74) is 0.432. The van der Waals surface area contributed by atoms with Crippen molar-refractivity contribution in [2.45, 2.75) is 11.8 Å². The monoisotopic (exact) mass is 444 g/mol. The van der Waals surface area contributed by atoms with Crippen LogP contribution in [-0.4, -0.2) is 62.6 Å². The summed E-state index contributed by atoms with van der Waals surface area (Å²) in [5.74, 6) is 1.09. The van der Waals surface area contributed by atoms with Gasteiger partial charge in [-0.1, -0.05) is 6.07 Å². The van der Waals surface area contributed by atoms with Crippen molar-refractivity contribution in [3.05, 3.63) is 46.8 Å². The maximum atomic E-state index is 13.2. The number of aromatic amines is 1. The Bertz CT molecular complexity index is 1270. The molecule has 3 aromatic rings. The number of hydrogen-bond acceptors (Lipinski definition) is 7. The van der Waals surface area contributed by atoms with E-state index >= 15 is 0 Å². The van der Waals surface area contributed by atoms with Crippen LogP contribution in [0.2, 0.25) is 0 Å². The van der Waals surface area contributed by atoms with Crippen LogP contribution in [0.1, 0.15) is 6.92 Å². The fourth-order valence-electron chi connectivity index (χ4n) is 3.60. The van der Waals surface area contributed by atoms with E-state index in [-0.39, 0.29) is 16.3 Å². The molecule has 2 N–H and O–H groups in total. The van der Waals surface area contributed by atoms with Gasteiger partial charge in [0.1, 0.15) is 22.8 Å². The second-order valence-corrected chi connectivity index (χ2v) is 8.95. The molecule has 0 saturated carbocycles. The van der Waals surface area contributed by atoms with Crippen molar-refractivity contribution in [3.8, 4) is 22.9 Å². The number of benzene rings is 2. The summed E-state index contributed by atoms with van der Waals surface area (Å²) >= 11 is 0. The number of aromatic nitrogens is 2. The summed E-state index contributed by atoms with van der Waals surface area (Å²) in [6.07, 6.45) is 0. The van der Waals surface area contributed by atoms with E-state index in [0.29, 0.717) is 60.8 Å². The van der Waals surface area contributed by atoms with Crippen LogP contribution in [-0.2, 0) is 10.0 Å². The highest BCUT2D eigenvalue weighted by Crippen LogP contribution is 2.32. The lowest BCUT2D eigenvalue weighted by atomic mass is 10.1. The van der Waals surface area contributed by atoms with Crippen LogP contribution in [0.4, 0.5) is 0 Å². The topological polar surface area (TPSA) is 114 Å². The normalized spacial score (nSPS) is 15.2. The number of hydrogen-bond donors (Lipinski definition) is 2. The molecule has 9 nitrogen and oxygen atoms in total. The van der Waals surface area contributed by atoms with E-state index in [9.17, 15) is 13.2 Å². The number of H-pyrrole nitrogens is 1. The Morgan fingerprint density at radius 2 is 1.90 bits per heavy atom. The Balaban J connectivity index is 1.89. The van der Waals surface area contributed by atoms with Crippen LogP contribution in [0.15, 0.2) is 46.1 Å². The minimum absolute atomic E-state index is 0.121. The first-order valence-corrected chi connectivity index (χ1v) is 11.4. The van der Waals surface area contributed by atoms with Gasteiger partial charge in [-0.15, -0.1) is 0 Å². The zero-order valence-corrected chi connectivity index (χ0v) is 18.2. The van der Waals surface area contributed by atoms with Crippen LogP contribution >= 0.6 is 0 Å². The fraction of sp³-hybridized carbons (Fsp3) is 0.333. The predicted octanol–water partition coefficient (Wildman–Crippen LogP) is 1.59. The van der Waals surface area contributed by atoms with Gasteiger partial charge in [-0.05, 0) is 37.3 Å². The number of sulfonamides is 1. The van der Waals surface area contributed by atoms with Gasteiger partial charge in [0, 0.05) is 26.2 Å². The van der Waals surface area contributed by atoms with Crippen LogP contribution in [0.25, 0.3) is 22.3 Å². The van der Waals surface area contributed by atoms with E-state index in [1.807, 2.05) is 6.92 Å². The van der Waals surface area contributed by atoms with Crippen molar-refractivity contribution < 1.29 is 17.9 Å². The van der Waals surface area contributed by atoms with Gasteiger partial charge >= 0.3 is 0 Å². The molecule has 0 aliphatic carbocycles. The summed E-state index contributed by atoms with van der Waals surface area (Å²) in [4.78, 5) is 20.2. The average molecular weight is 445 g/mol. The van der Waals surface area contributed by atoms with E-state index in [2.05, 4.69) is 15.3 Å². The second kappa shape index (κ2) is 8.66. The Morgan fingerprint density at radius 3 is 2.61 bits per heavy atom. The van der Waals surface area contributed by atoms with Gasteiger partial charge in [0.25, 0.3) is 5.56 Å². The van der Waals surface area contributed by atoms with Crippen LogP contribution in [0, 0.1) is 0 Å². The molecule has 1 fully saturated rings. The molecule has 10 heteroatoms. The van der Waals surface area contributed by atoms with Crippen LogP contribution in [0.3, 0.4) is 0 Å². The first kappa shape index (κ1) is 21.3. The molecule has 31 heavy (non-hydrogen) atoms. The molecule has 0 spiro atoms. The minimum Gasteiger partial charge on any atom is -0.494 e. The third-order valence-corrected chi connectivity index (χ3v) is 7.03. The Labute approximate surface area is 180 Å². The highest BCUT2D eigenvalue weighted by atomic mass is 32.2. The zero-order valence-electron chi connectivity index (χ0n) is 17.3. The number of ether oxygens (including phenoxy) is 2. The van der Waals surface area contributed by atoms with Gasteiger partial charge in [0.05, 0.1) is 29.6 Å². The number of nitrogens with zero attached hydrogens (tertiary/aromatic N) is 2. The lowest BCUT2D eigenvalue weighted by Crippen LogP contribution is -2.46. The molecule has 4 rings (SSSR count). The van der Waals surface area contributed by atoms with Crippen molar-refractivity contribution in [1.29, 1.82) is 0 Å². The second-order valence-electron chi connectivity index (χ2n) is 7.02. The maximum Gasteiger partial charge on any atom is 0.259 e. The van der Waals surface area contributed by atoms with E-state index in [4.69, 9.17) is 9.47 Å². The van der Waals surface area contributed by atoms with Gasteiger partial charge in [0.2, 0.25) is 10.0 Å². The summed E-state index contributed by atoms with van der Waals surface area (Å²) in [7, 11) is -2.19. The van der Waals surface area contributed by atoms with E-state index in [1.165, 1.54) is 23.5 Å². The molecule has 2 aromatic carbocycles. The molecule has 1 aromatic heterocycles. The predicted molar refractivity (Wildman–Crippen MR) is 117 cm³/mol. The van der Waals surface area contributed by atoms with Crippen molar-refractivity contribution in [2.24, 2.45) is 0 Å². The van der Waals surface area contributed by atoms with Crippen molar-refractivity contribution in [2.75, 3.05) is 39.9 Å². The first-order chi connectivity index (χ1) is 15.0. The molecule has 0 amide bonds. The molecule has 1 aliphatic heterocycles. The molecule has 1 saturated heterocycles. The largest absolute Gasteiger partial charge is 0.494 e. The zero-order chi connectivity index (χ0) is 22.0. The number of methoxy groups -OCH3 is 1. The van der Waals surface area contributed by atoms with Crippen molar-refractivity contribution >= 4 is 20.9 Å². The number of fused-ring (bicyclic) bond motifs is 1. The molecule has 2 heterocycles. The molecule has 164 valence electrons. The van der Waals surface area contributed by atoms with Crippen molar-refractivity contribution in [3.63, 3.8) is 0 Å². The quantitative estimate of drug-likeness (QED) is 0.594. The number of rotatable bonds is 6. The van der Waals surface area contributed by atoms with E-state index in [0.717, 1.165) is 0 Å². The molecule has 1 aliphatic rings. The fourth-order valence-corrected chi connectivity index (χ4v) is 5.07.